The SMILES string of the molecule is Nc1cc(/N=c2\sc(=O)n3n2CCCC3)ccc1Cl. The number of benzene rings is 1. The van der Waals surface area contributed by atoms with E-state index in [-0.39, 0.29) is 4.87 Å². The first kappa shape index (κ1) is 12.5. The third kappa shape index (κ3) is 2.33. The zero-order valence-electron chi connectivity index (χ0n) is 10.2. The molecule has 5 nitrogen and oxygen atoms in total. The summed E-state index contributed by atoms with van der Waals surface area (Å²) in [5.74, 6) is 0. The number of hydrogen-bond donors (Lipinski definition) is 1. The van der Waals surface area contributed by atoms with E-state index in [0.29, 0.717) is 21.2 Å². The molecule has 1 aromatic heterocycles. The quantitative estimate of drug-likeness (QED) is 0.818. The lowest BCUT2D eigenvalue weighted by Crippen LogP contribution is -2.31. The molecule has 2 N–H and O–H groups in total. The van der Waals surface area contributed by atoms with Gasteiger partial charge < -0.3 is 5.73 Å². The topological polar surface area (TPSA) is 65.3 Å². The molecule has 0 fully saturated rings. The zero-order chi connectivity index (χ0) is 13.4. The number of halogens is 1. The molecule has 0 atom stereocenters. The summed E-state index contributed by atoms with van der Waals surface area (Å²) < 4.78 is 3.70. The Labute approximate surface area is 118 Å². The van der Waals surface area contributed by atoms with Crippen LogP contribution in [-0.4, -0.2) is 9.36 Å². The lowest BCUT2D eigenvalue weighted by atomic mass is 10.3. The monoisotopic (exact) mass is 296 g/mol. The average Bonchev–Trinajstić information content (AvgIpc) is 2.72. The predicted molar refractivity (Wildman–Crippen MR) is 76.9 cm³/mol. The van der Waals surface area contributed by atoms with Crippen LogP contribution in [0.4, 0.5) is 11.4 Å². The molecule has 2 heterocycles. The molecule has 1 aliphatic rings. The molecule has 7 heteroatoms. The van der Waals surface area contributed by atoms with Gasteiger partial charge in [0.05, 0.1) is 16.4 Å². The van der Waals surface area contributed by atoms with Crippen molar-refractivity contribution in [3.63, 3.8) is 0 Å². The molecule has 0 saturated carbocycles. The van der Waals surface area contributed by atoms with Crippen molar-refractivity contribution in [3.8, 4) is 0 Å². The largest absolute Gasteiger partial charge is 0.397 e. The number of nitrogen functional groups attached to an aromatic ring is 1. The van der Waals surface area contributed by atoms with Gasteiger partial charge in [-0.3, -0.25) is 9.48 Å². The zero-order valence-corrected chi connectivity index (χ0v) is 11.7. The standard InChI is InChI=1S/C12H13ClN4OS/c13-9-4-3-8(7-10(9)14)15-11-16-5-1-2-6-17(16)12(18)19-11/h3-4,7H,1-2,5-6,14H2/b15-11-. The first-order chi connectivity index (χ1) is 9.15. The molecule has 0 radical (unpaired) electrons. The number of hydrogen-bond acceptors (Lipinski definition) is 4. The normalized spacial score (nSPS) is 15.5. The van der Waals surface area contributed by atoms with Gasteiger partial charge in [-0.1, -0.05) is 11.6 Å². The Bertz CT molecular complexity index is 743. The van der Waals surface area contributed by atoms with E-state index in [4.69, 9.17) is 17.3 Å². The van der Waals surface area contributed by atoms with Gasteiger partial charge in [-0.2, -0.15) is 0 Å². The molecule has 0 saturated heterocycles. The Morgan fingerprint density at radius 3 is 2.74 bits per heavy atom. The minimum atomic E-state index is 0.0420. The van der Waals surface area contributed by atoms with E-state index in [1.807, 2.05) is 4.68 Å². The summed E-state index contributed by atoms with van der Waals surface area (Å²) in [5, 5.41) is 0.513. The molecule has 0 spiro atoms. The number of aromatic nitrogens is 2. The maximum atomic E-state index is 11.9. The van der Waals surface area contributed by atoms with Gasteiger partial charge >= 0.3 is 4.87 Å². The number of fused-ring (bicyclic) bond motifs is 1. The number of rotatable bonds is 1. The Balaban J connectivity index is 2.13. The van der Waals surface area contributed by atoms with Gasteiger partial charge in [0.15, 0.2) is 0 Å². The van der Waals surface area contributed by atoms with Crippen LogP contribution in [0.25, 0.3) is 0 Å². The first-order valence-corrected chi connectivity index (χ1v) is 7.25. The lowest BCUT2D eigenvalue weighted by molar-refractivity contribution is 0.345. The second-order valence-electron chi connectivity index (χ2n) is 4.42. The van der Waals surface area contributed by atoms with E-state index in [0.717, 1.165) is 37.3 Å². The van der Waals surface area contributed by atoms with Crippen molar-refractivity contribution in [2.75, 3.05) is 5.73 Å². The Morgan fingerprint density at radius 2 is 2.00 bits per heavy atom. The maximum absolute atomic E-state index is 11.9. The van der Waals surface area contributed by atoms with E-state index in [9.17, 15) is 4.79 Å². The Hall–Kier alpha value is -1.53. The maximum Gasteiger partial charge on any atom is 0.325 e. The van der Waals surface area contributed by atoms with E-state index in [2.05, 4.69) is 4.99 Å². The minimum absolute atomic E-state index is 0.0420. The van der Waals surface area contributed by atoms with E-state index < -0.39 is 0 Å². The first-order valence-electron chi connectivity index (χ1n) is 6.05. The van der Waals surface area contributed by atoms with E-state index >= 15 is 0 Å². The van der Waals surface area contributed by atoms with Crippen molar-refractivity contribution in [3.05, 3.63) is 37.7 Å². The van der Waals surface area contributed by atoms with Gasteiger partial charge in [-0.25, -0.2) is 9.67 Å². The fourth-order valence-corrected chi connectivity index (χ4v) is 3.14. The van der Waals surface area contributed by atoms with E-state index in [1.54, 1.807) is 22.9 Å². The summed E-state index contributed by atoms with van der Waals surface area (Å²) in [6.45, 7) is 1.61. The molecule has 100 valence electrons. The number of nitrogens with two attached hydrogens (primary N) is 1. The summed E-state index contributed by atoms with van der Waals surface area (Å²) in [7, 11) is 0. The van der Waals surface area contributed by atoms with Gasteiger partial charge in [-0.15, -0.1) is 0 Å². The summed E-state index contributed by atoms with van der Waals surface area (Å²) >= 11 is 7.04. The second-order valence-corrected chi connectivity index (χ2v) is 5.75. The van der Waals surface area contributed by atoms with Gasteiger partial charge in [-0.05, 0) is 42.4 Å². The molecule has 0 bridgehead atoms. The third-order valence-electron chi connectivity index (χ3n) is 3.10. The number of anilines is 1. The molecule has 3 rings (SSSR count). The average molecular weight is 297 g/mol. The van der Waals surface area contributed by atoms with Crippen molar-refractivity contribution in [2.24, 2.45) is 4.99 Å². The summed E-state index contributed by atoms with van der Waals surface area (Å²) in [5.41, 5.74) is 6.96. The van der Waals surface area contributed by atoms with Crippen molar-refractivity contribution in [2.45, 2.75) is 25.9 Å². The number of nitrogens with zero attached hydrogens (tertiary/aromatic N) is 3. The summed E-state index contributed by atoms with van der Waals surface area (Å²) in [6, 6.07) is 5.22. The molecule has 1 aromatic carbocycles. The highest BCUT2D eigenvalue weighted by molar-refractivity contribution is 7.06. The van der Waals surface area contributed by atoms with Crippen molar-refractivity contribution < 1.29 is 0 Å². The van der Waals surface area contributed by atoms with Crippen LogP contribution in [0.5, 0.6) is 0 Å². The third-order valence-corrected chi connectivity index (χ3v) is 4.31. The second kappa shape index (κ2) is 4.86. The highest BCUT2D eigenvalue weighted by Gasteiger charge is 2.12. The van der Waals surface area contributed by atoms with Crippen molar-refractivity contribution >= 4 is 34.3 Å². The molecule has 1 aliphatic heterocycles. The fourth-order valence-electron chi connectivity index (χ4n) is 2.13. The van der Waals surface area contributed by atoms with Crippen LogP contribution in [0.2, 0.25) is 5.02 Å². The molecular weight excluding hydrogens is 284 g/mol. The van der Waals surface area contributed by atoms with Crippen LogP contribution in [0.15, 0.2) is 28.0 Å². The van der Waals surface area contributed by atoms with E-state index in [1.165, 1.54) is 0 Å². The van der Waals surface area contributed by atoms with Crippen LogP contribution in [0, 0.1) is 0 Å². The van der Waals surface area contributed by atoms with Gasteiger partial charge in [0.25, 0.3) is 0 Å². The van der Waals surface area contributed by atoms with Crippen molar-refractivity contribution in [1.82, 2.24) is 9.36 Å². The molecule has 19 heavy (non-hydrogen) atoms. The molecule has 0 amide bonds. The summed E-state index contributed by atoms with van der Waals surface area (Å²) in [6.07, 6.45) is 2.12. The lowest BCUT2D eigenvalue weighted by Gasteiger charge is -2.15. The van der Waals surface area contributed by atoms with Crippen LogP contribution >= 0.6 is 22.9 Å². The molecule has 0 aliphatic carbocycles. The van der Waals surface area contributed by atoms with Crippen LogP contribution < -0.4 is 15.4 Å². The summed E-state index contributed by atoms with van der Waals surface area (Å²) in [4.78, 5) is 17.1. The van der Waals surface area contributed by atoms with Gasteiger partial charge in [0, 0.05) is 13.1 Å². The van der Waals surface area contributed by atoms with Gasteiger partial charge in [0.2, 0.25) is 4.80 Å². The highest BCUT2D eigenvalue weighted by atomic mass is 35.5. The molecule has 0 unspecified atom stereocenters. The van der Waals surface area contributed by atoms with Crippen LogP contribution in [0.1, 0.15) is 12.8 Å². The Kier molecular flexibility index (Phi) is 3.20. The Morgan fingerprint density at radius 1 is 1.26 bits per heavy atom. The predicted octanol–water partition coefficient (Wildman–Crippen LogP) is 1.97. The van der Waals surface area contributed by atoms with Crippen LogP contribution in [-0.2, 0) is 13.1 Å². The fraction of sp³-hybridized carbons (Fsp3) is 0.333. The molecular formula is C12H13ClN4OS. The minimum Gasteiger partial charge on any atom is -0.397 e. The van der Waals surface area contributed by atoms with Gasteiger partial charge in [0.1, 0.15) is 0 Å². The van der Waals surface area contributed by atoms with Crippen LogP contribution in [0.3, 0.4) is 0 Å². The smallest absolute Gasteiger partial charge is 0.325 e. The highest BCUT2D eigenvalue weighted by Crippen LogP contribution is 2.23. The van der Waals surface area contributed by atoms with Crippen molar-refractivity contribution in [1.29, 1.82) is 0 Å². The molecule has 2 aromatic rings.